The zero-order valence-corrected chi connectivity index (χ0v) is 14.4. The zero-order chi connectivity index (χ0) is 17.8. The van der Waals surface area contributed by atoms with Crippen molar-refractivity contribution in [2.75, 3.05) is 12.1 Å². The van der Waals surface area contributed by atoms with E-state index in [4.69, 9.17) is 28.6 Å². The number of benzene rings is 2. The van der Waals surface area contributed by atoms with Crippen molar-refractivity contribution in [3.05, 3.63) is 70.9 Å². The van der Waals surface area contributed by atoms with Crippen LogP contribution in [0.4, 0.5) is 5.69 Å². The highest BCUT2D eigenvalue weighted by molar-refractivity contribution is 6.30. The van der Waals surface area contributed by atoms with Crippen molar-refractivity contribution in [2.24, 2.45) is 5.84 Å². The molecule has 1 aromatic heterocycles. The Morgan fingerprint density at radius 2 is 2.00 bits per heavy atom. The van der Waals surface area contributed by atoms with E-state index in [-0.39, 0.29) is 6.61 Å². The van der Waals surface area contributed by atoms with Gasteiger partial charge >= 0.3 is 0 Å². The lowest BCUT2D eigenvalue weighted by Gasteiger charge is -2.18. The Morgan fingerprint density at radius 3 is 2.68 bits per heavy atom. The summed E-state index contributed by atoms with van der Waals surface area (Å²) >= 11 is 5.91. The number of hydrazine groups is 1. The third-order valence-corrected chi connectivity index (χ3v) is 3.96. The van der Waals surface area contributed by atoms with Crippen LogP contribution in [0.1, 0.15) is 11.1 Å². The zero-order valence-electron chi connectivity index (χ0n) is 13.7. The van der Waals surface area contributed by atoms with Crippen LogP contribution in [0.5, 0.6) is 5.88 Å². The van der Waals surface area contributed by atoms with Crippen LogP contribution < -0.4 is 15.6 Å². The van der Waals surface area contributed by atoms with Crippen LogP contribution in [-0.4, -0.2) is 16.8 Å². The average molecular weight is 353 g/mol. The smallest absolute Gasteiger partial charge is 0.233 e. The molecule has 0 fully saturated rings. The summed E-state index contributed by atoms with van der Waals surface area (Å²) < 4.78 is 7.53. The molecule has 0 saturated carbocycles. The van der Waals surface area contributed by atoms with Gasteiger partial charge in [-0.15, -0.1) is 11.5 Å². The summed E-state index contributed by atoms with van der Waals surface area (Å²) in [6, 6.07) is 14.8. The van der Waals surface area contributed by atoms with Gasteiger partial charge in [-0.25, -0.2) is 10.5 Å². The maximum Gasteiger partial charge on any atom is 0.233 e. The third kappa shape index (κ3) is 3.77. The number of hydrogen-bond acceptors (Lipinski definition) is 4. The largest absolute Gasteiger partial charge is 0.472 e. The summed E-state index contributed by atoms with van der Waals surface area (Å²) in [5.74, 6) is 9.03. The minimum Gasteiger partial charge on any atom is -0.472 e. The first-order valence-electron chi connectivity index (χ1n) is 7.60. The molecular weight excluding hydrogens is 336 g/mol. The summed E-state index contributed by atoms with van der Waals surface area (Å²) in [4.78, 5) is 0. The van der Waals surface area contributed by atoms with Crippen LogP contribution in [-0.2, 0) is 6.61 Å². The quantitative estimate of drug-likeness (QED) is 0.434. The molecule has 0 saturated heterocycles. The Bertz CT molecular complexity index is 910. The summed E-state index contributed by atoms with van der Waals surface area (Å²) in [6.45, 7) is 0.273. The molecular formula is C19H17ClN4O. The molecule has 5 nitrogen and oxygen atoms in total. The third-order valence-electron chi connectivity index (χ3n) is 3.71. The van der Waals surface area contributed by atoms with Gasteiger partial charge in [0.15, 0.2) is 0 Å². The molecule has 0 amide bonds. The molecule has 25 heavy (non-hydrogen) atoms. The van der Waals surface area contributed by atoms with Gasteiger partial charge in [-0.05, 0) is 36.4 Å². The molecule has 0 aliphatic heterocycles. The molecule has 2 aromatic carbocycles. The van der Waals surface area contributed by atoms with Gasteiger partial charge in [-0.3, -0.25) is 0 Å². The Balaban J connectivity index is 1.79. The number of halogens is 1. The normalized spacial score (nSPS) is 10.3. The maximum absolute atomic E-state index is 5.91. The topological polar surface area (TPSA) is 56.3 Å². The highest BCUT2D eigenvalue weighted by Gasteiger charge is 2.11. The lowest BCUT2D eigenvalue weighted by Crippen LogP contribution is -2.26. The van der Waals surface area contributed by atoms with Crippen molar-refractivity contribution in [3.8, 4) is 23.9 Å². The second kappa shape index (κ2) is 7.31. The molecule has 6 heteroatoms. The number of aromatic nitrogens is 2. The van der Waals surface area contributed by atoms with Gasteiger partial charge in [0.05, 0.1) is 11.4 Å². The van der Waals surface area contributed by atoms with Crippen LogP contribution in [0.2, 0.25) is 5.02 Å². The Labute approximate surface area is 151 Å². The van der Waals surface area contributed by atoms with Crippen LogP contribution in [0.25, 0.3) is 5.69 Å². The Kier molecular flexibility index (Phi) is 4.94. The second-order valence-electron chi connectivity index (χ2n) is 5.42. The lowest BCUT2D eigenvalue weighted by atomic mass is 10.1. The first kappa shape index (κ1) is 16.9. The highest BCUT2D eigenvalue weighted by Crippen LogP contribution is 2.23. The van der Waals surface area contributed by atoms with Gasteiger partial charge in [0.2, 0.25) is 5.88 Å². The van der Waals surface area contributed by atoms with Gasteiger partial charge in [-0.2, -0.15) is 0 Å². The first-order chi connectivity index (χ1) is 12.1. The van der Waals surface area contributed by atoms with Gasteiger partial charge in [0, 0.05) is 35.5 Å². The number of anilines is 1. The van der Waals surface area contributed by atoms with E-state index >= 15 is 0 Å². The van der Waals surface area contributed by atoms with E-state index in [0.29, 0.717) is 10.9 Å². The van der Waals surface area contributed by atoms with Crippen LogP contribution in [0, 0.1) is 12.3 Å². The molecule has 0 spiro atoms. The van der Waals surface area contributed by atoms with E-state index in [1.54, 1.807) is 17.8 Å². The summed E-state index contributed by atoms with van der Waals surface area (Å²) in [6.07, 6.45) is 7.41. The van der Waals surface area contributed by atoms with Gasteiger partial charge < -0.3 is 9.75 Å². The Morgan fingerprint density at radius 1 is 1.24 bits per heavy atom. The van der Waals surface area contributed by atoms with Crippen LogP contribution >= 0.6 is 11.6 Å². The SMILES string of the molecule is C#Cc1cccc(N(C)N)c1COc1ccn(-c2ccc(Cl)cc2)n1. The monoisotopic (exact) mass is 352 g/mol. The van der Waals surface area contributed by atoms with E-state index in [1.165, 1.54) is 5.01 Å². The molecule has 0 aliphatic rings. The number of terminal acetylenes is 1. The van der Waals surface area contributed by atoms with Crippen molar-refractivity contribution >= 4 is 17.3 Å². The summed E-state index contributed by atoms with van der Waals surface area (Å²) in [5.41, 5.74) is 3.29. The summed E-state index contributed by atoms with van der Waals surface area (Å²) in [5, 5.41) is 6.61. The molecule has 0 unspecified atom stereocenters. The summed E-state index contributed by atoms with van der Waals surface area (Å²) in [7, 11) is 1.76. The molecule has 0 aliphatic carbocycles. The van der Waals surface area contributed by atoms with E-state index in [1.807, 2.05) is 48.7 Å². The van der Waals surface area contributed by atoms with Gasteiger partial charge in [0.1, 0.15) is 6.61 Å². The molecule has 0 radical (unpaired) electrons. The molecule has 1 heterocycles. The standard InChI is InChI=1S/C19H17ClN4O/c1-3-14-5-4-6-18(23(2)21)17(14)13-25-19-11-12-24(22-19)16-9-7-15(20)8-10-16/h1,4-12H,13,21H2,2H3. The van der Waals surface area contributed by atoms with Crippen LogP contribution in [0.3, 0.4) is 0 Å². The fourth-order valence-corrected chi connectivity index (χ4v) is 2.59. The maximum atomic E-state index is 5.91. The van der Waals surface area contributed by atoms with Crippen LogP contribution in [0.15, 0.2) is 54.7 Å². The minimum absolute atomic E-state index is 0.273. The molecule has 126 valence electrons. The van der Waals surface area contributed by atoms with Crippen molar-refractivity contribution in [3.63, 3.8) is 0 Å². The number of rotatable bonds is 5. The first-order valence-corrected chi connectivity index (χ1v) is 7.97. The van der Waals surface area contributed by atoms with Crippen molar-refractivity contribution in [1.82, 2.24) is 9.78 Å². The lowest BCUT2D eigenvalue weighted by molar-refractivity contribution is 0.292. The van der Waals surface area contributed by atoms with Crippen molar-refractivity contribution in [1.29, 1.82) is 0 Å². The molecule has 0 atom stereocenters. The fourth-order valence-electron chi connectivity index (χ4n) is 2.46. The highest BCUT2D eigenvalue weighted by atomic mass is 35.5. The fraction of sp³-hybridized carbons (Fsp3) is 0.105. The molecule has 0 bridgehead atoms. The molecule has 3 rings (SSSR count). The van der Waals surface area contributed by atoms with Crippen molar-refractivity contribution < 1.29 is 4.74 Å². The van der Waals surface area contributed by atoms with Gasteiger partial charge in [0.25, 0.3) is 0 Å². The van der Waals surface area contributed by atoms with Gasteiger partial charge in [-0.1, -0.05) is 23.6 Å². The van der Waals surface area contributed by atoms with Crippen molar-refractivity contribution in [2.45, 2.75) is 6.61 Å². The molecule has 2 N–H and O–H groups in total. The van der Waals surface area contributed by atoms with E-state index in [0.717, 1.165) is 22.5 Å². The number of hydrogen-bond donors (Lipinski definition) is 1. The predicted molar refractivity (Wildman–Crippen MR) is 99.9 cm³/mol. The van der Waals surface area contributed by atoms with E-state index in [9.17, 15) is 0 Å². The molecule has 3 aromatic rings. The number of ether oxygens (including phenoxy) is 1. The van der Waals surface area contributed by atoms with E-state index in [2.05, 4.69) is 11.0 Å². The average Bonchev–Trinajstić information content (AvgIpc) is 3.09. The minimum atomic E-state index is 0.273. The number of nitrogens with zero attached hydrogens (tertiary/aromatic N) is 3. The van der Waals surface area contributed by atoms with E-state index < -0.39 is 0 Å². The second-order valence-corrected chi connectivity index (χ2v) is 5.86. The Hall–Kier alpha value is -2.94. The number of nitrogens with two attached hydrogens (primary N) is 1. The predicted octanol–water partition coefficient (Wildman–Crippen LogP) is 3.40.